The summed E-state index contributed by atoms with van der Waals surface area (Å²) in [5.41, 5.74) is 0. The van der Waals surface area contributed by atoms with Crippen molar-refractivity contribution < 1.29 is 4.84 Å². The molecule has 0 amide bonds. The standard InChI is InChI=1S/C9H13NO/c1-5-2-6-3-7(5)8-4-10-11-9(6)8/h4-9H,2-3H2,1H3. The van der Waals surface area contributed by atoms with Crippen molar-refractivity contribution in [1.29, 1.82) is 0 Å². The highest BCUT2D eigenvalue weighted by atomic mass is 16.6. The average Bonchev–Trinajstić information content (AvgIpc) is 2.52. The van der Waals surface area contributed by atoms with Crippen LogP contribution >= 0.6 is 0 Å². The molecule has 2 heteroatoms. The molecule has 1 heterocycles. The van der Waals surface area contributed by atoms with Gasteiger partial charge in [-0.2, -0.15) is 0 Å². The first-order chi connectivity index (χ1) is 5.36. The van der Waals surface area contributed by atoms with Crippen LogP contribution in [0.2, 0.25) is 0 Å². The lowest BCUT2D eigenvalue weighted by Gasteiger charge is -2.25. The molecular formula is C9H13NO. The van der Waals surface area contributed by atoms with E-state index >= 15 is 0 Å². The van der Waals surface area contributed by atoms with Gasteiger partial charge in [-0.25, -0.2) is 0 Å². The van der Waals surface area contributed by atoms with Crippen LogP contribution < -0.4 is 0 Å². The fourth-order valence-electron chi connectivity index (χ4n) is 3.22. The van der Waals surface area contributed by atoms with Crippen molar-refractivity contribution in [1.82, 2.24) is 0 Å². The number of rotatable bonds is 0. The Morgan fingerprint density at radius 3 is 3.27 bits per heavy atom. The van der Waals surface area contributed by atoms with E-state index in [1.165, 1.54) is 12.8 Å². The smallest absolute Gasteiger partial charge is 0.138 e. The molecule has 0 aromatic heterocycles. The van der Waals surface area contributed by atoms with Crippen LogP contribution in [-0.2, 0) is 4.84 Å². The van der Waals surface area contributed by atoms with Crippen molar-refractivity contribution >= 4 is 6.21 Å². The Balaban J connectivity index is 1.94. The Bertz CT molecular complexity index is 214. The molecule has 11 heavy (non-hydrogen) atoms. The van der Waals surface area contributed by atoms with Gasteiger partial charge in [0.15, 0.2) is 0 Å². The van der Waals surface area contributed by atoms with E-state index in [0.717, 1.165) is 17.8 Å². The summed E-state index contributed by atoms with van der Waals surface area (Å²) in [6.07, 6.45) is 5.26. The van der Waals surface area contributed by atoms with Gasteiger partial charge in [0, 0.05) is 5.92 Å². The lowest BCUT2D eigenvalue weighted by molar-refractivity contribution is 0.0186. The molecule has 2 aliphatic carbocycles. The van der Waals surface area contributed by atoms with Gasteiger partial charge in [0.05, 0.1) is 6.21 Å². The molecule has 0 N–H and O–H groups in total. The summed E-state index contributed by atoms with van der Waals surface area (Å²) in [6.45, 7) is 2.37. The predicted octanol–water partition coefficient (Wildman–Crippen LogP) is 1.66. The van der Waals surface area contributed by atoms with Gasteiger partial charge < -0.3 is 4.84 Å². The molecule has 2 nitrogen and oxygen atoms in total. The highest BCUT2D eigenvalue weighted by Crippen LogP contribution is 2.53. The third-order valence-corrected chi connectivity index (χ3v) is 3.73. The normalized spacial score (nSPS) is 58.1. The number of hydrogen-bond donors (Lipinski definition) is 0. The van der Waals surface area contributed by atoms with Crippen LogP contribution in [-0.4, -0.2) is 12.3 Å². The number of hydrogen-bond acceptors (Lipinski definition) is 2. The lowest BCUT2D eigenvalue weighted by Crippen LogP contribution is -2.29. The maximum atomic E-state index is 5.33. The van der Waals surface area contributed by atoms with Crippen LogP contribution in [0, 0.1) is 23.7 Å². The third-order valence-electron chi connectivity index (χ3n) is 3.73. The van der Waals surface area contributed by atoms with Gasteiger partial charge in [-0.05, 0) is 30.6 Å². The summed E-state index contributed by atoms with van der Waals surface area (Å²) in [5.74, 6) is 3.29. The maximum absolute atomic E-state index is 5.33. The molecule has 2 bridgehead atoms. The molecule has 3 aliphatic rings. The third kappa shape index (κ3) is 0.608. The molecule has 1 aliphatic heterocycles. The lowest BCUT2D eigenvalue weighted by atomic mass is 9.81. The number of nitrogens with zero attached hydrogens (tertiary/aromatic N) is 1. The Morgan fingerprint density at radius 2 is 2.36 bits per heavy atom. The van der Waals surface area contributed by atoms with Crippen molar-refractivity contribution in [3.05, 3.63) is 0 Å². The minimum atomic E-state index is 0.469. The first-order valence-corrected chi connectivity index (χ1v) is 4.55. The van der Waals surface area contributed by atoms with Gasteiger partial charge in [-0.1, -0.05) is 12.1 Å². The summed E-state index contributed by atoms with van der Waals surface area (Å²) < 4.78 is 0. The molecule has 5 unspecified atom stereocenters. The van der Waals surface area contributed by atoms with E-state index in [9.17, 15) is 0 Å². The summed E-state index contributed by atoms with van der Waals surface area (Å²) in [6, 6.07) is 0. The quantitative estimate of drug-likeness (QED) is 0.516. The van der Waals surface area contributed by atoms with Gasteiger partial charge in [-0.3, -0.25) is 0 Å². The maximum Gasteiger partial charge on any atom is 0.138 e. The van der Waals surface area contributed by atoms with Gasteiger partial charge in [0.1, 0.15) is 6.10 Å². The van der Waals surface area contributed by atoms with E-state index in [2.05, 4.69) is 12.1 Å². The summed E-state index contributed by atoms with van der Waals surface area (Å²) in [5, 5.41) is 3.92. The second-order valence-corrected chi connectivity index (χ2v) is 4.27. The monoisotopic (exact) mass is 151 g/mol. The first kappa shape index (κ1) is 6.04. The molecule has 0 aromatic rings. The Hall–Kier alpha value is -0.530. The fourth-order valence-corrected chi connectivity index (χ4v) is 3.22. The van der Waals surface area contributed by atoms with Crippen LogP contribution in [0.25, 0.3) is 0 Å². The van der Waals surface area contributed by atoms with Gasteiger partial charge >= 0.3 is 0 Å². The predicted molar refractivity (Wildman–Crippen MR) is 42.2 cm³/mol. The zero-order valence-corrected chi connectivity index (χ0v) is 6.73. The van der Waals surface area contributed by atoms with Gasteiger partial charge in [-0.15, -0.1) is 0 Å². The SMILES string of the molecule is CC1CC2CC1C1C=NOC21. The molecule has 0 saturated heterocycles. The number of oxime groups is 1. The zero-order chi connectivity index (χ0) is 7.42. The van der Waals surface area contributed by atoms with E-state index in [-0.39, 0.29) is 0 Å². The summed E-state index contributed by atoms with van der Waals surface area (Å²) >= 11 is 0. The van der Waals surface area contributed by atoms with E-state index in [1.807, 2.05) is 6.21 Å². The average molecular weight is 151 g/mol. The molecule has 3 rings (SSSR count). The van der Waals surface area contributed by atoms with E-state index in [4.69, 9.17) is 4.84 Å². The summed E-state index contributed by atoms with van der Waals surface area (Å²) in [4.78, 5) is 5.33. The van der Waals surface area contributed by atoms with Crippen molar-refractivity contribution in [3.63, 3.8) is 0 Å². The summed E-state index contributed by atoms with van der Waals surface area (Å²) in [7, 11) is 0. The Morgan fingerprint density at radius 1 is 1.45 bits per heavy atom. The van der Waals surface area contributed by atoms with E-state index in [1.54, 1.807) is 0 Å². The van der Waals surface area contributed by atoms with Gasteiger partial charge in [0.2, 0.25) is 0 Å². The van der Waals surface area contributed by atoms with Crippen LogP contribution in [0.3, 0.4) is 0 Å². The van der Waals surface area contributed by atoms with Crippen LogP contribution in [0.5, 0.6) is 0 Å². The first-order valence-electron chi connectivity index (χ1n) is 4.55. The van der Waals surface area contributed by atoms with Crippen LogP contribution in [0.15, 0.2) is 5.16 Å². The van der Waals surface area contributed by atoms with Gasteiger partial charge in [0.25, 0.3) is 0 Å². The van der Waals surface area contributed by atoms with Crippen LogP contribution in [0.1, 0.15) is 19.8 Å². The van der Waals surface area contributed by atoms with Crippen LogP contribution in [0.4, 0.5) is 0 Å². The van der Waals surface area contributed by atoms with Crippen molar-refractivity contribution in [2.24, 2.45) is 28.8 Å². The van der Waals surface area contributed by atoms with Crippen molar-refractivity contribution in [2.45, 2.75) is 25.9 Å². The molecule has 60 valence electrons. The molecule has 0 spiro atoms. The highest BCUT2D eigenvalue weighted by Gasteiger charge is 2.53. The minimum Gasteiger partial charge on any atom is -0.392 e. The largest absolute Gasteiger partial charge is 0.392 e. The second kappa shape index (κ2) is 1.79. The number of fused-ring (bicyclic) bond motifs is 5. The Labute approximate surface area is 66.6 Å². The second-order valence-electron chi connectivity index (χ2n) is 4.27. The molecule has 0 aromatic carbocycles. The molecule has 2 saturated carbocycles. The molecule has 0 radical (unpaired) electrons. The zero-order valence-electron chi connectivity index (χ0n) is 6.73. The van der Waals surface area contributed by atoms with E-state index < -0.39 is 0 Å². The minimum absolute atomic E-state index is 0.469. The molecule has 5 atom stereocenters. The topological polar surface area (TPSA) is 21.6 Å². The van der Waals surface area contributed by atoms with E-state index in [0.29, 0.717) is 12.0 Å². The van der Waals surface area contributed by atoms with Crippen molar-refractivity contribution in [2.75, 3.05) is 0 Å². The molecule has 2 fully saturated rings. The van der Waals surface area contributed by atoms with Crippen molar-refractivity contribution in [3.8, 4) is 0 Å². The highest BCUT2D eigenvalue weighted by molar-refractivity contribution is 5.64. The molecular weight excluding hydrogens is 138 g/mol. The Kier molecular flexibility index (Phi) is 0.984. The fraction of sp³-hybridized carbons (Fsp3) is 0.889.